The van der Waals surface area contributed by atoms with Crippen LogP contribution in [0.5, 0.6) is 0 Å². The lowest BCUT2D eigenvalue weighted by Gasteiger charge is -2.16. The predicted molar refractivity (Wildman–Crippen MR) is 58.1 cm³/mol. The summed E-state index contributed by atoms with van der Waals surface area (Å²) >= 11 is 0. The van der Waals surface area contributed by atoms with Crippen LogP contribution in [0.2, 0.25) is 0 Å². The van der Waals surface area contributed by atoms with E-state index in [0.29, 0.717) is 5.92 Å². The molecule has 0 saturated heterocycles. The molecule has 0 rings (SSSR count). The van der Waals surface area contributed by atoms with Gasteiger partial charge in [0.05, 0.1) is 12.6 Å². The smallest absolute Gasteiger partial charge is 0.164 e. The summed E-state index contributed by atoms with van der Waals surface area (Å²) in [6.07, 6.45) is 2.94. The van der Waals surface area contributed by atoms with E-state index in [-0.39, 0.29) is 0 Å². The molecule has 0 bridgehead atoms. The number of hydrogen-bond acceptors (Lipinski definition) is 3. The Bertz CT molecular complexity index is 215. The lowest BCUT2D eigenvalue weighted by Crippen LogP contribution is -2.21. The highest BCUT2D eigenvalue weighted by Gasteiger charge is 2.24. The maximum Gasteiger partial charge on any atom is 0.164 e. The van der Waals surface area contributed by atoms with Crippen molar-refractivity contribution in [3.05, 3.63) is 0 Å². The molecule has 0 aliphatic rings. The van der Waals surface area contributed by atoms with Crippen molar-refractivity contribution in [1.82, 2.24) is 0 Å². The number of hydrogen-bond donors (Lipinski definition) is 0. The van der Waals surface area contributed by atoms with Gasteiger partial charge in [-0.3, -0.25) is 0 Å². The van der Waals surface area contributed by atoms with Crippen LogP contribution in [0.25, 0.3) is 0 Å². The fraction of sp³-hybridized carbons (Fsp3) is 0.909. The van der Waals surface area contributed by atoms with Gasteiger partial charge in [0.25, 0.3) is 0 Å². The number of rotatable bonds is 6. The van der Waals surface area contributed by atoms with Gasteiger partial charge < -0.3 is 0 Å². The summed E-state index contributed by atoms with van der Waals surface area (Å²) in [6.45, 7) is 8.90. The highest BCUT2D eigenvalue weighted by Crippen LogP contribution is 2.20. The molecule has 0 heterocycles. The first-order valence-corrected chi connectivity index (χ1v) is 5.34. The number of nitriles is 1. The molecule has 0 aliphatic heterocycles. The number of unbranched alkanes of at least 4 members (excludes halogenated alkanes) is 1. The fourth-order valence-corrected chi connectivity index (χ4v) is 1.34. The van der Waals surface area contributed by atoms with E-state index in [2.05, 4.69) is 37.1 Å². The van der Waals surface area contributed by atoms with Gasteiger partial charge in [0.1, 0.15) is 0 Å². The second kappa shape index (κ2) is 6.53. The zero-order valence-corrected chi connectivity index (χ0v) is 9.75. The molecule has 0 N–H and O–H groups in total. The molecule has 80 valence electrons. The molecule has 3 heteroatoms. The second-order valence-corrected chi connectivity index (χ2v) is 4.30. The van der Waals surface area contributed by atoms with E-state index >= 15 is 0 Å². The quantitative estimate of drug-likeness (QED) is 0.472. The van der Waals surface area contributed by atoms with Crippen molar-refractivity contribution in [3.63, 3.8) is 0 Å². The minimum atomic E-state index is -0.623. The molecular weight excluding hydrogens is 174 g/mol. The Morgan fingerprint density at radius 1 is 1.43 bits per heavy atom. The van der Waals surface area contributed by atoms with Crippen molar-refractivity contribution in [1.29, 1.82) is 5.26 Å². The first-order valence-electron chi connectivity index (χ1n) is 5.34. The van der Waals surface area contributed by atoms with Crippen molar-refractivity contribution >= 4 is 0 Å². The van der Waals surface area contributed by atoms with Crippen molar-refractivity contribution in [3.8, 4) is 6.07 Å². The maximum atomic E-state index is 8.99. The molecule has 1 unspecified atom stereocenters. The van der Waals surface area contributed by atoms with E-state index < -0.39 is 5.54 Å². The maximum absolute atomic E-state index is 8.99. The van der Waals surface area contributed by atoms with E-state index in [4.69, 9.17) is 5.26 Å². The van der Waals surface area contributed by atoms with Crippen LogP contribution < -0.4 is 0 Å². The van der Waals surface area contributed by atoms with Gasteiger partial charge in [-0.15, -0.1) is 0 Å². The summed E-state index contributed by atoms with van der Waals surface area (Å²) in [5.41, 5.74) is -0.623. The molecule has 0 fully saturated rings. The van der Waals surface area contributed by atoms with E-state index in [9.17, 15) is 0 Å². The Balaban J connectivity index is 4.12. The van der Waals surface area contributed by atoms with Crippen LogP contribution in [0.3, 0.4) is 0 Å². The van der Waals surface area contributed by atoms with E-state index in [0.717, 1.165) is 25.8 Å². The Labute approximate surface area is 87.2 Å². The molecule has 0 aromatic rings. The Kier molecular flexibility index (Phi) is 6.11. The number of nitrogens with zero attached hydrogens (tertiary/aromatic N) is 3. The third kappa shape index (κ3) is 5.69. The Hall–Kier alpha value is -0.910. The van der Waals surface area contributed by atoms with E-state index in [1.807, 2.05) is 6.92 Å². The summed E-state index contributed by atoms with van der Waals surface area (Å²) in [4.78, 5) is 0. The first kappa shape index (κ1) is 13.1. The fourth-order valence-electron chi connectivity index (χ4n) is 1.34. The topological polar surface area (TPSA) is 48.5 Å². The van der Waals surface area contributed by atoms with Gasteiger partial charge in [-0.05, 0) is 25.7 Å². The van der Waals surface area contributed by atoms with Crippen LogP contribution in [-0.2, 0) is 0 Å². The molecule has 3 nitrogen and oxygen atoms in total. The van der Waals surface area contributed by atoms with Crippen LogP contribution in [0.15, 0.2) is 10.2 Å². The second-order valence-electron chi connectivity index (χ2n) is 4.30. The van der Waals surface area contributed by atoms with Crippen molar-refractivity contribution in [2.45, 2.75) is 52.5 Å². The molecule has 0 spiro atoms. The summed E-state index contributed by atoms with van der Waals surface area (Å²) in [7, 11) is 0. The third-order valence-electron chi connectivity index (χ3n) is 1.95. The van der Waals surface area contributed by atoms with Gasteiger partial charge >= 0.3 is 0 Å². The summed E-state index contributed by atoms with van der Waals surface area (Å²) in [5, 5.41) is 17.2. The molecular formula is C11H21N3. The largest absolute Gasteiger partial charge is 0.196 e. The summed E-state index contributed by atoms with van der Waals surface area (Å²) in [5.74, 6) is 0.477. The lowest BCUT2D eigenvalue weighted by atomic mass is 9.93. The van der Waals surface area contributed by atoms with E-state index in [1.54, 1.807) is 0 Å². The van der Waals surface area contributed by atoms with Crippen LogP contribution in [0.1, 0.15) is 47.0 Å². The highest BCUT2D eigenvalue weighted by molar-refractivity contribution is 5.03. The molecule has 0 aromatic carbocycles. The van der Waals surface area contributed by atoms with Crippen LogP contribution in [0, 0.1) is 17.2 Å². The Morgan fingerprint density at radius 3 is 2.50 bits per heavy atom. The molecule has 0 aliphatic carbocycles. The van der Waals surface area contributed by atoms with Crippen molar-refractivity contribution in [2.24, 2.45) is 16.1 Å². The Morgan fingerprint density at radius 2 is 2.07 bits per heavy atom. The molecule has 0 saturated carbocycles. The van der Waals surface area contributed by atoms with E-state index in [1.165, 1.54) is 0 Å². The highest BCUT2D eigenvalue weighted by atomic mass is 15.1. The SMILES string of the molecule is CCCCN=NC(C)(C#N)CC(C)C. The minimum absolute atomic E-state index is 0.477. The zero-order chi connectivity index (χ0) is 11.0. The van der Waals surface area contributed by atoms with Gasteiger partial charge in [0.2, 0.25) is 0 Å². The summed E-state index contributed by atoms with van der Waals surface area (Å²) < 4.78 is 0. The monoisotopic (exact) mass is 195 g/mol. The zero-order valence-electron chi connectivity index (χ0n) is 9.75. The van der Waals surface area contributed by atoms with Gasteiger partial charge in [-0.1, -0.05) is 27.2 Å². The van der Waals surface area contributed by atoms with Gasteiger partial charge in [0, 0.05) is 0 Å². The molecule has 1 atom stereocenters. The van der Waals surface area contributed by atoms with Gasteiger partial charge in [-0.25, -0.2) is 0 Å². The average molecular weight is 195 g/mol. The molecule has 0 amide bonds. The summed E-state index contributed by atoms with van der Waals surface area (Å²) in [6, 6.07) is 2.23. The first-order chi connectivity index (χ1) is 6.54. The predicted octanol–water partition coefficient (Wildman–Crippen LogP) is 3.57. The molecule has 14 heavy (non-hydrogen) atoms. The molecule has 0 aromatic heterocycles. The van der Waals surface area contributed by atoms with Crippen LogP contribution in [-0.4, -0.2) is 12.1 Å². The van der Waals surface area contributed by atoms with Crippen LogP contribution >= 0.6 is 0 Å². The number of azo groups is 1. The third-order valence-corrected chi connectivity index (χ3v) is 1.95. The van der Waals surface area contributed by atoms with Crippen molar-refractivity contribution in [2.75, 3.05) is 6.54 Å². The van der Waals surface area contributed by atoms with Crippen molar-refractivity contribution < 1.29 is 0 Å². The minimum Gasteiger partial charge on any atom is -0.196 e. The normalized spacial score (nSPS) is 15.7. The standard InChI is InChI=1S/C11H21N3/c1-5-6-7-13-14-11(4,9-12)8-10(2)3/h10H,5-8H2,1-4H3. The molecule has 0 radical (unpaired) electrons. The van der Waals surface area contributed by atoms with Crippen LogP contribution in [0.4, 0.5) is 0 Å². The lowest BCUT2D eigenvalue weighted by molar-refractivity contribution is 0.430. The van der Waals surface area contributed by atoms with Gasteiger partial charge in [0.15, 0.2) is 5.54 Å². The average Bonchev–Trinajstić information content (AvgIpc) is 2.11. The van der Waals surface area contributed by atoms with Gasteiger partial charge in [-0.2, -0.15) is 15.5 Å².